The van der Waals surface area contributed by atoms with Crippen molar-refractivity contribution < 1.29 is 19.1 Å². The Labute approximate surface area is 138 Å². The molecule has 2 amide bonds. The van der Waals surface area contributed by atoms with E-state index in [9.17, 15) is 9.59 Å². The van der Waals surface area contributed by atoms with Crippen molar-refractivity contribution in [3.63, 3.8) is 0 Å². The molecular weight excluding hydrogens is 318 g/mol. The number of nitrogens with two attached hydrogens (primary N) is 1. The number of amides is 2. The van der Waals surface area contributed by atoms with Crippen LogP contribution < -0.4 is 15.5 Å². The quantitative estimate of drug-likeness (QED) is 0.843. The van der Waals surface area contributed by atoms with Crippen molar-refractivity contribution in [2.75, 3.05) is 29.5 Å². The highest BCUT2D eigenvalue weighted by molar-refractivity contribution is 7.80. The number of carbonyl (C=O) groups excluding carboxylic acids is 2. The lowest BCUT2D eigenvalue weighted by Gasteiger charge is -2.17. The summed E-state index contributed by atoms with van der Waals surface area (Å²) in [4.78, 5) is 27.2. The Kier molecular flexibility index (Phi) is 4.18. The number of anilines is 2. The number of carbonyl (C=O) groups is 2. The molecule has 1 aromatic carbocycles. The van der Waals surface area contributed by atoms with Gasteiger partial charge in [-0.15, -0.1) is 0 Å². The lowest BCUT2D eigenvalue weighted by Crippen LogP contribution is -2.42. The highest BCUT2D eigenvalue weighted by Crippen LogP contribution is 2.26. The van der Waals surface area contributed by atoms with Gasteiger partial charge >= 0.3 is 12.2 Å². The first kappa shape index (κ1) is 15.7. The van der Waals surface area contributed by atoms with Crippen molar-refractivity contribution in [2.24, 2.45) is 5.73 Å². The van der Waals surface area contributed by atoms with Crippen LogP contribution in [-0.4, -0.2) is 48.9 Å². The molecule has 2 aliphatic heterocycles. The van der Waals surface area contributed by atoms with Crippen LogP contribution in [0.3, 0.4) is 0 Å². The Bertz CT molecular complexity index is 649. The number of rotatable bonds is 4. The number of cyclic esters (lactones) is 2. The molecule has 122 valence electrons. The van der Waals surface area contributed by atoms with Gasteiger partial charge < -0.3 is 15.2 Å². The van der Waals surface area contributed by atoms with Gasteiger partial charge in [0.2, 0.25) is 0 Å². The summed E-state index contributed by atoms with van der Waals surface area (Å²) in [6.45, 7) is 2.99. The Hall–Kier alpha value is -2.19. The fraction of sp³-hybridized carbons (Fsp3) is 0.400. The van der Waals surface area contributed by atoms with Gasteiger partial charge in [0, 0.05) is 16.2 Å². The van der Waals surface area contributed by atoms with Gasteiger partial charge in [0.15, 0.2) is 0 Å². The van der Waals surface area contributed by atoms with Gasteiger partial charge in [0.1, 0.15) is 12.7 Å². The Morgan fingerprint density at radius 1 is 1.22 bits per heavy atom. The van der Waals surface area contributed by atoms with E-state index in [1.165, 1.54) is 4.90 Å². The highest BCUT2D eigenvalue weighted by atomic mass is 32.1. The van der Waals surface area contributed by atoms with Crippen LogP contribution >= 0.6 is 12.2 Å². The first-order valence-electron chi connectivity index (χ1n) is 7.26. The predicted octanol–water partition coefficient (Wildman–Crippen LogP) is 1.69. The summed E-state index contributed by atoms with van der Waals surface area (Å²) in [5, 5.41) is 0. The minimum Gasteiger partial charge on any atom is -0.447 e. The van der Waals surface area contributed by atoms with Crippen LogP contribution in [0.1, 0.15) is 6.92 Å². The first-order chi connectivity index (χ1) is 11.0. The number of hydrogen-bond acceptors (Lipinski definition) is 6. The van der Waals surface area contributed by atoms with E-state index in [0.29, 0.717) is 30.2 Å². The van der Waals surface area contributed by atoms with Gasteiger partial charge in [-0.2, -0.15) is 0 Å². The summed E-state index contributed by atoms with van der Waals surface area (Å²) in [5.74, 6) is 0. The standard InChI is InChI=1S/C15H17N3O4S/c1-9(23)13(16)12-8-18(15(20)22-12)11-4-2-10(3-5-11)17-6-7-21-14(17)19/h2-5,12-13H,6-8,16H2,1H3/t12-,13?/m0/s1. The van der Waals surface area contributed by atoms with Crippen LogP contribution in [0.15, 0.2) is 24.3 Å². The van der Waals surface area contributed by atoms with Crippen LogP contribution in [0.25, 0.3) is 0 Å². The van der Waals surface area contributed by atoms with Crippen molar-refractivity contribution in [3.8, 4) is 0 Å². The van der Waals surface area contributed by atoms with Gasteiger partial charge in [0.05, 0.1) is 19.1 Å². The molecule has 2 fully saturated rings. The SMILES string of the molecule is CC(=S)C(N)[C@@H]1CN(c2ccc(N3CCOC3=O)cc2)C(=O)O1. The summed E-state index contributed by atoms with van der Waals surface area (Å²) in [6.07, 6.45) is -1.26. The van der Waals surface area contributed by atoms with Gasteiger partial charge in [-0.1, -0.05) is 12.2 Å². The Morgan fingerprint density at radius 2 is 1.83 bits per heavy atom. The third-order valence-electron chi connectivity index (χ3n) is 3.94. The molecule has 0 aliphatic carbocycles. The Morgan fingerprint density at radius 3 is 2.35 bits per heavy atom. The average Bonchev–Trinajstić information content (AvgIpc) is 3.12. The fourth-order valence-corrected chi connectivity index (χ4v) is 2.74. The van der Waals surface area contributed by atoms with Gasteiger partial charge in [-0.05, 0) is 31.2 Å². The summed E-state index contributed by atoms with van der Waals surface area (Å²) in [7, 11) is 0. The molecule has 0 radical (unpaired) electrons. The fourth-order valence-electron chi connectivity index (χ4n) is 2.58. The molecule has 0 aromatic heterocycles. The molecule has 1 unspecified atom stereocenters. The van der Waals surface area contributed by atoms with Crippen LogP contribution in [0.5, 0.6) is 0 Å². The molecule has 2 N–H and O–H groups in total. The molecule has 2 atom stereocenters. The van der Waals surface area contributed by atoms with Crippen molar-refractivity contribution in [1.82, 2.24) is 0 Å². The summed E-state index contributed by atoms with van der Waals surface area (Å²) < 4.78 is 10.2. The van der Waals surface area contributed by atoms with E-state index in [4.69, 9.17) is 27.4 Å². The normalized spacial score (nSPS) is 22.1. The molecule has 2 saturated heterocycles. The molecule has 2 aliphatic rings. The maximum atomic E-state index is 12.0. The molecule has 3 rings (SSSR count). The summed E-state index contributed by atoms with van der Waals surface area (Å²) in [6, 6.07) is 6.61. The van der Waals surface area contributed by atoms with Crippen molar-refractivity contribution >= 4 is 40.6 Å². The Balaban J connectivity index is 1.73. The van der Waals surface area contributed by atoms with Gasteiger partial charge in [0.25, 0.3) is 0 Å². The largest absolute Gasteiger partial charge is 0.447 e. The van der Waals surface area contributed by atoms with Crippen molar-refractivity contribution in [3.05, 3.63) is 24.3 Å². The number of thiocarbonyl (C=S) groups is 1. The highest BCUT2D eigenvalue weighted by Gasteiger charge is 2.36. The molecule has 7 nitrogen and oxygen atoms in total. The second kappa shape index (κ2) is 6.13. The van der Waals surface area contributed by atoms with Gasteiger partial charge in [-0.3, -0.25) is 9.80 Å². The first-order valence-corrected chi connectivity index (χ1v) is 7.67. The molecule has 1 aromatic rings. The third-order valence-corrected chi connectivity index (χ3v) is 4.21. The van der Waals surface area contributed by atoms with E-state index in [1.807, 2.05) is 0 Å². The van der Waals surface area contributed by atoms with E-state index >= 15 is 0 Å². The van der Waals surface area contributed by atoms with Gasteiger partial charge in [-0.25, -0.2) is 9.59 Å². The second-order valence-corrected chi connectivity index (χ2v) is 6.10. The molecule has 0 saturated carbocycles. The zero-order valence-electron chi connectivity index (χ0n) is 12.6. The number of nitrogens with zero attached hydrogens (tertiary/aromatic N) is 2. The number of hydrogen-bond donors (Lipinski definition) is 1. The molecule has 8 heteroatoms. The monoisotopic (exact) mass is 335 g/mol. The maximum Gasteiger partial charge on any atom is 0.414 e. The second-order valence-electron chi connectivity index (χ2n) is 5.45. The summed E-state index contributed by atoms with van der Waals surface area (Å²) in [5.41, 5.74) is 7.36. The smallest absolute Gasteiger partial charge is 0.414 e. The van der Waals surface area contributed by atoms with Crippen LogP contribution in [0.2, 0.25) is 0 Å². The van der Waals surface area contributed by atoms with E-state index in [1.54, 1.807) is 36.1 Å². The minimum absolute atomic E-state index is 0.346. The van der Waals surface area contributed by atoms with Crippen molar-refractivity contribution in [1.29, 1.82) is 0 Å². The van der Waals surface area contributed by atoms with E-state index < -0.39 is 18.2 Å². The number of ether oxygens (including phenoxy) is 2. The minimum atomic E-state index is -0.461. The van der Waals surface area contributed by atoms with Crippen LogP contribution in [0.4, 0.5) is 21.0 Å². The zero-order valence-corrected chi connectivity index (χ0v) is 13.4. The molecule has 0 spiro atoms. The molecule has 0 bridgehead atoms. The maximum absolute atomic E-state index is 12.0. The number of benzene rings is 1. The van der Waals surface area contributed by atoms with E-state index in [2.05, 4.69) is 0 Å². The lowest BCUT2D eigenvalue weighted by molar-refractivity contribution is 0.138. The lowest BCUT2D eigenvalue weighted by atomic mass is 10.1. The molecule has 2 heterocycles. The van der Waals surface area contributed by atoms with Crippen LogP contribution in [0, 0.1) is 0 Å². The van der Waals surface area contributed by atoms with Crippen molar-refractivity contribution in [2.45, 2.75) is 19.1 Å². The predicted molar refractivity (Wildman–Crippen MR) is 89.0 cm³/mol. The van der Waals surface area contributed by atoms with E-state index in [-0.39, 0.29) is 6.09 Å². The zero-order chi connectivity index (χ0) is 16.6. The third kappa shape index (κ3) is 2.99. The van der Waals surface area contributed by atoms with Crippen LogP contribution in [-0.2, 0) is 9.47 Å². The van der Waals surface area contributed by atoms with E-state index in [0.717, 1.165) is 5.69 Å². The molecular formula is C15H17N3O4S. The summed E-state index contributed by atoms with van der Waals surface area (Å²) >= 11 is 5.05. The molecule has 23 heavy (non-hydrogen) atoms. The topological polar surface area (TPSA) is 85.1 Å². The average molecular weight is 335 g/mol.